The molecule has 4 heterocycles. The van der Waals surface area contributed by atoms with Crippen molar-refractivity contribution >= 4 is 17.2 Å². The van der Waals surface area contributed by atoms with Crippen molar-refractivity contribution in [2.24, 2.45) is 0 Å². The monoisotopic (exact) mass is 353 g/mol. The number of ether oxygens (including phenoxy) is 1. The van der Waals surface area contributed by atoms with Crippen molar-refractivity contribution in [1.82, 2.24) is 29.6 Å². The summed E-state index contributed by atoms with van der Waals surface area (Å²) < 4.78 is 46.6. The molecule has 11 heteroatoms. The van der Waals surface area contributed by atoms with E-state index in [0.717, 1.165) is 19.4 Å². The largest absolute Gasteiger partial charge is 0.453 e. The highest BCUT2D eigenvalue weighted by Gasteiger charge is 2.37. The number of rotatable bonds is 4. The van der Waals surface area contributed by atoms with E-state index in [0.29, 0.717) is 16.7 Å². The minimum Gasteiger partial charge on any atom is -0.376 e. The number of fused-ring (bicyclic) bond motifs is 1. The second kappa shape index (κ2) is 5.99. The standard InChI is InChI=1S/C14H14F3N7O/c15-14(16,17)13-21-20-12-4-3-11(22-24(12)13)19-9-6-18-23(7-9)8-10-2-1-5-25-10/h3-4,6-7,10H,1-2,5,8H2,(H,19,22)/t10-/m0/s1. The molecular weight excluding hydrogens is 339 g/mol. The molecule has 0 saturated carbocycles. The van der Waals surface area contributed by atoms with E-state index < -0.39 is 12.0 Å². The number of halogens is 3. The van der Waals surface area contributed by atoms with Crippen LogP contribution in [0.4, 0.5) is 24.7 Å². The molecule has 3 aromatic rings. The minimum atomic E-state index is -4.63. The Morgan fingerprint density at radius 2 is 2.16 bits per heavy atom. The van der Waals surface area contributed by atoms with Gasteiger partial charge in [-0.25, -0.2) is 0 Å². The van der Waals surface area contributed by atoms with Gasteiger partial charge in [-0.2, -0.15) is 22.8 Å². The van der Waals surface area contributed by atoms with Crippen molar-refractivity contribution in [2.75, 3.05) is 11.9 Å². The zero-order valence-electron chi connectivity index (χ0n) is 12.9. The first-order valence-electron chi connectivity index (χ1n) is 7.70. The fraction of sp³-hybridized carbons (Fsp3) is 0.429. The molecule has 0 unspecified atom stereocenters. The van der Waals surface area contributed by atoms with Crippen LogP contribution < -0.4 is 5.32 Å². The Morgan fingerprint density at radius 1 is 1.28 bits per heavy atom. The second-order valence-electron chi connectivity index (χ2n) is 5.72. The average Bonchev–Trinajstić information content (AvgIpc) is 3.27. The molecule has 1 fully saturated rings. The van der Waals surface area contributed by atoms with Gasteiger partial charge in [-0.3, -0.25) is 4.68 Å². The number of nitrogens with one attached hydrogen (secondary N) is 1. The van der Waals surface area contributed by atoms with Crippen LogP contribution in [0.25, 0.3) is 5.65 Å². The van der Waals surface area contributed by atoms with Crippen LogP contribution in [0.3, 0.4) is 0 Å². The number of aromatic nitrogens is 6. The van der Waals surface area contributed by atoms with Gasteiger partial charge < -0.3 is 10.1 Å². The Bertz CT molecular complexity index is 882. The molecular formula is C14H14F3N7O. The fourth-order valence-corrected chi connectivity index (χ4v) is 2.71. The number of nitrogens with zero attached hydrogens (tertiary/aromatic N) is 6. The quantitative estimate of drug-likeness (QED) is 0.775. The van der Waals surface area contributed by atoms with Crippen molar-refractivity contribution in [3.63, 3.8) is 0 Å². The molecule has 0 spiro atoms. The molecule has 8 nitrogen and oxygen atoms in total. The molecule has 0 aliphatic carbocycles. The van der Waals surface area contributed by atoms with E-state index in [1.165, 1.54) is 12.1 Å². The van der Waals surface area contributed by atoms with Gasteiger partial charge in [-0.05, 0) is 25.0 Å². The lowest BCUT2D eigenvalue weighted by molar-refractivity contribution is -0.146. The summed E-state index contributed by atoms with van der Waals surface area (Å²) in [5.74, 6) is -0.935. The smallest absolute Gasteiger partial charge is 0.376 e. The van der Waals surface area contributed by atoms with Gasteiger partial charge in [0.05, 0.1) is 24.5 Å². The van der Waals surface area contributed by atoms with Crippen molar-refractivity contribution in [3.05, 3.63) is 30.4 Å². The highest BCUT2D eigenvalue weighted by atomic mass is 19.4. The number of alkyl halides is 3. The lowest BCUT2D eigenvalue weighted by Crippen LogP contribution is -2.15. The van der Waals surface area contributed by atoms with Crippen LogP contribution in [-0.2, 0) is 17.5 Å². The van der Waals surface area contributed by atoms with Crippen LogP contribution in [0.15, 0.2) is 24.5 Å². The molecule has 1 N–H and O–H groups in total. The molecule has 25 heavy (non-hydrogen) atoms. The van der Waals surface area contributed by atoms with Gasteiger partial charge in [0, 0.05) is 12.8 Å². The van der Waals surface area contributed by atoms with Gasteiger partial charge in [-0.1, -0.05) is 0 Å². The van der Waals surface area contributed by atoms with E-state index in [1.807, 2.05) is 0 Å². The summed E-state index contributed by atoms with van der Waals surface area (Å²) >= 11 is 0. The average molecular weight is 353 g/mol. The van der Waals surface area contributed by atoms with E-state index in [9.17, 15) is 13.2 Å². The number of hydrogen-bond donors (Lipinski definition) is 1. The van der Waals surface area contributed by atoms with E-state index in [1.54, 1.807) is 17.1 Å². The topological polar surface area (TPSA) is 82.2 Å². The molecule has 0 amide bonds. The zero-order valence-corrected chi connectivity index (χ0v) is 12.9. The van der Waals surface area contributed by atoms with Crippen LogP contribution in [0.2, 0.25) is 0 Å². The summed E-state index contributed by atoms with van der Waals surface area (Å²) in [6.07, 6.45) is 0.892. The lowest BCUT2D eigenvalue weighted by Gasteiger charge is -2.08. The predicted molar refractivity (Wildman–Crippen MR) is 80.3 cm³/mol. The van der Waals surface area contributed by atoms with Gasteiger partial charge in [0.1, 0.15) is 0 Å². The lowest BCUT2D eigenvalue weighted by atomic mass is 10.2. The first kappa shape index (κ1) is 15.8. The predicted octanol–water partition coefficient (Wildman–Crippen LogP) is 2.26. The Labute approximate surface area is 139 Å². The van der Waals surface area contributed by atoms with Crippen LogP contribution in [0, 0.1) is 0 Å². The molecule has 1 saturated heterocycles. The zero-order chi connectivity index (χ0) is 17.4. The van der Waals surface area contributed by atoms with E-state index in [2.05, 4.69) is 25.7 Å². The molecule has 0 radical (unpaired) electrons. The maximum Gasteiger partial charge on any atom is 0.453 e. The van der Waals surface area contributed by atoms with Crippen molar-refractivity contribution in [2.45, 2.75) is 31.7 Å². The third-order valence-electron chi connectivity index (χ3n) is 3.84. The Kier molecular flexibility index (Phi) is 3.79. The molecule has 1 atom stereocenters. The van der Waals surface area contributed by atoms with Crippen molar-refractivity contribution < 1.29 is 17.9 Å². The third-order valence-corrected chi connectivity index (χ3v) is 3.84. The Hall–Kier alpha value is -2.69. The molecule has 3 aromatic heterocycles. The maximum atomic E-state index is 12.9. The first-order valence-corrected chi connectivity index (χ1v) is 7.70. The molecule has 4 rings (SSSR count). The minimum absolute atomic E-state index is 0.0203. The number of anilines is 2. The Morgan fingerprint density at radius 3 is 2.92 bits per heavy atom. The summed E-state index contributed by atoms with van der Waals surface area (Å²) in [5, 5.41) is 17.7. The maximum absolute atomic E-state index is 12.9. The van der Waals surface area contributed by atoms with Gasteiger partial charge in [0.25, 0.3) is 5.82 Å². The third kappa shape index (κ3) is 3.27. The van der Waals surface area contributed by atoms with Crippen molar-refractivity contribution in [1.29, 1.82) is 0 Å². The van der Waals surface area contributed by atoms with Crippen LogP contribution in [0.1, 0.15) is 18.7 Å². The fourth-order valence-electron chi connectivity index (χ4n) is 2.71. The van der Waals surface area contributed by atoms with Crippen LogP contribution in [0.5, 0.6) is 0 Å². The highest BCUT2D eigenvalue weighted by molar-refractivity contribution is 5.55. The SMILES string of the molecule is FC(F)(F)c1nnc2ccc(Nc3cnn(C[C@@H]4CCCO4)c3)nn12. The highest BCUT2D eigenvalue weighted by Crippen LogP contribution is 2.27. The number of hydrogen-bond acceptors (Lipinski definition) is 6. The molecule has 132 valence electrons. The van der Waals surface area contributed by atoms with Gasteiger partial charge in [-0.15, -0.1) is 15.3 Å². The van der Waals surface area contributed by atoms with Gasteiger partial charge in [0.15, 0.2) is 11.5 Å². The van der Waals surface area contributed by atoms with E-state index in [-0.39, 0.29) is 17.6 Å². The van der Waals surface area contributed by atoms with Gasteiger partial charge >= 0.3 is 6.18 Å². The molecule has 0 aromatic carbocycles. The van der Waals surface area contributed by atoms with Crippen LogP contribution >= 0.6 is 0 Å². The summed E-state index contributed by atoms with van der Waals surface area (Å²) in [6, 6.07) is 2.94. The van der Waals surface area contributed by atoms with Gasteiger partial charge in [0.2, 0.25) is 0 Å². The van der Waals surface area contributed by atoms with Crippen molar-refractivity contribution in [3.8, 4) is 0 Å². The second-order valence-corrected chi connectivity index (χ2v) is 5.72. The summed E-state index contributed by atoms with van der Waals surface area (Å²) in [4.78, 5) is 0. The van der Waals surface area contributed by atoms with E-state index in [4.69, 9.17) is 4.74 Å². The normalized spacial score (nSPS) is 18.1. The summed E-state index contributed by atoms with van der Waals surface area (Å²) in [7, 11) is 0. The summed E-state index contributed by atoms with van der Waals surface area (Å²) in [6.45, 7) is 1.40. The summed E-state index contributed by atoms with van der Waals surface area (Å²) in [5.41, 5.74) is 0.637. The molecule has 1 aliphatic heterocycles. The Balaban J connectivity index is 1.53. The molecule has 0 bridgehead atoms. The van der Waals surface area contributed by atoms with E-state index >= 15 is 0 Å². The van der Waals surface area contributed by atoms with Crippen LogP contribution in [-0.4, -0.2) is 42.3 Å². The first-order chi connectivity index (χ1) is 12.0. The molecule has 1 aliphatic rings.